The molecule has 0 aliphatic carbocycles. The molecule has 2 saturated heterocycles. The van der Waals surface area contributed by atoms with Crippen molar-refractivity contribution in [3.63, 3.8) is 0 Å². The third-order valence-electron chi connectivity index (χ3n) is 5.19. The summed E-state index contributed by atoms with van der Waals surface area (Å²) in [5, 5.41) is 9.62. The van der Waals surface area contributed by atoms with Gasteiger partial charge in [0, 0.05) is 25.7 Å². The largest absolute Gasteiger partial charge is 0.494 e. The molecule has 1 aromatic rings. The molecule has 0 amide bonds. The number of likely N-dealkylation sites (tertiary alicyclic amines) is 2. The zero-order valence-corrected chi connectivity index (χ0v) is 13.9. The fraction of sp³-hybridized carbons (Fsp3) is 0.667. The fourth-order valence-corrected chi connectivity index (χ4v) is 3.76. The first kappa shape index (κ1) is 16.7. The number of hydrogen-bond donors (Lipinski definition) is 1. The van der Waals surface area contributed by atoms with E-state index in [0.717, 1.165) is 64.0 Å². The van der Waals surface area contributed by atoms with E-state index in [4.69, 9.17) is 4.74 Å². The third-order valence-corrected chi connectivity index (χ3v) is 5.19. The van der Waals surface area contributed by atoms with Gasteiger partial charge in [0.1, 0.15) is 0 Å². The second-order valence-corrected chi connectivity index (χ2v) is 6.74. The Morgan fingerprint density at radius 3 is 2.43 bits per heavy atom. The monoisotopic (exact) mass is 322 g/mol. The van der Waals surface area contributed by atoms with Crippen LogP contribution in [0.4, 0.5) is 4.39 Å². The molecule has 23 heavy (non-hydrogen) atoms. The predicted octanol–water partition coefficient (Wildman–Crippen LogP) is 2.26. The summed E-state index contributed by atoms with van der Waals surface area (Å²) in [4.78, 5) is 4.94. The lowest BCUT2D eigenvalue weighted by molar-refractivity contribution is 0.0375. The Balaban J connectivity index is 1.48. The maximum absolute atomic E-state index is 13.8. The molecule has 0 atom stereocenters. The van der Waals surface area contributed by atoms with Crippen molar-refractivity contribution >= 4 is 0 Å². The van der Waals surface area contributed by atoms with E-state index >= 15 is 0 Å². The van der Waals surface area contributed by atoms with Gasteiger partial charge >= 0.3 is 0 Å². The number of aliphatic hydroxyl groups is 1. The summed E-state index contributed by atoms with van der Waals surface area (Å²) in [5.74, 6) is 0.0199. The van der Waals surface area contributed by atoms with Gasteiger partial charge in [-0.15, -0.1) is 0 Å². The molecule has 128 valence electrons. The first-order valence-electron chi connectivity index (χ1n) is 8.62. The molecule has 0 saturated carbocycles. The first-order chi connectivity index (χ1) is 11.2. The number of piperidine rings is 2. The number of rotatable bonds is 4. The van der Waals surface area contributed by atoms with Crippen molar-refractivity contribution in [3.8, 4) is 5.75 Å². The summed E-state index contributed by atoms with van der Waals surface area (Å²) in [6.07, 6.45) is 4.04. The molecule has 2 aliphatic rings. The molecule has 0 spiro atoms. The smallest absolute Gasteiger partial charge is 0.165 e. The zero-order chi connectivity index (χ0) is 16.2. The number of hydrogen-bond acceptors (Lipinski definition) is 4. The Hall–Kier alpha value is -1.17. The minimum atomic E-state index is -0.285. The molecule has 0 unspecified atom stereocenters. The van der Waals surface area contributed by atoms with Gasteiger partial charge in [0.25, 0.3) is 0 Å². The van der Waals surface area contributed by atoms with Crippen molar-refractivity contribution in [2.45, 2.75) is 44.4 Å². The normalized spacial score (nSPS) is 22.4. The van der Waals surface area contributed by atoms with Gasteiger partial charge in [-0.2, -0.15) is 0 Å². The van der Waals surface area contributed by atoms with E-state index in [0.29, 0.717) is 11.8 Å². The van der Waals surface area contributed by atoms with Gasteiger partial charge in [-0.1, -0.05) is 6.07 Å². The minimum absolute atomic E-state index is 0.101. The van der Waals surface area contributed by atoms with E-state index in [9.17, 15) is 9.50 Å². The van der Waals surface area contributed by atoms with Crippen LogP contribution in [0.15, 0.2) is 18.2 Å². The second-order valence-electron chi connectivity index (χ2n) is 6.74. The number of benzene rings is 1. The van der Waals surface area contributed by atoms with Crippen LogP contribution in [0.25, 0.3) is 0 Å². The third kappa shape index (κ3) is 4.22. The zero-order valence-electron chi connectivity index (χ0n) is 13.9. The summed E-state index contributed by atoms with van der Waals surface area (Å²) in [7, 11) is 1.49. The molecular formula is C18H27FN2O2. The van der Waals surface area contributed by atoms with Crippen LogP contribution in [0.1, 0.15) is 31.2 Å². The summed E-state index contributed by atoms with van der Waals surface area (Å²) >= 11 is 0. The molecule has 0 bridgehead atoms. The Bertz CT molecular complexity index is 510. The number of methoxy groups -OCH3 is 1. The van der Waals surface area contributed by atoms with Crippen molar-refractivity contribution in [1.29, 1.82) is 0 Å². The molecular weight excluding hydrogens is 295 g/mol. The average Bonchev–Trinajstić information content (AvgIpc) is 2.57. The highest BCUT2D eigenvalue weighted by Gasteiger charge is 2.27. The lowest BCUT2D eigenvalue weighted by Crippen LogP contribution is -2.48. The van der Waals surface area contributed by atoms with E-state index in [1.54, 1.807) is 12.1 Å². The second kappa shape index (κ2) is 7.60. The first-order valence-corrected chi connectivity index (χ1v) is 8.62. The van der Waals surface area contributed by atoms with Crippen LogP contribution in [0.3, 0.4) is 0 Å². The lowest BCUT2D eigenvalue weighted by Gasteiger charge is -2.41. The van der Waals surface area contributed by atoms with Gasteiger partial charge < -0.3 is 14.7 Å². The maximum Gasteiger partial charge on any atom is 0.165 e. The molecule has 5 heteroatoms. The average molecular weight is 322 g/mol. The Kier molecular flexibility index (Phi) is 5.51. The lowest BCUT2D eigenvalue weighted by atomic mass is 9.98. The highest BCUT2D eigenvalue weighted by Crippen LogP contribution is 2.23. The van der Waals surface area contributed by atoms with Crippen molar-refractivity contribution in [3.05, 3.63) is 29.6 Å². The Morgan fingerprint density at radius 2 is 1.83 bits per heavy atom. The number of ether oxygens (including phenoxy) is 1. The van der Waals surface area contributed by atoms with Crippen LogP contribution in [0.5, 0.6) is 5.75 Å². The molecule has 4 nitrogen and oxygen atoms in total. The van der Waals surface area contributed by atoms with Gasteiger partial charge in [-0.05, 0) is 56.5 Å². The fourth-order valence-electron chi connectivity index (χ4n) is 3.76. The number of aliphatic hydroxyl groups excluding tert-OH is 1. The number of nitrogens with zero attached hydrogens (tertiary/aromatic N) is 2. The van der Waals surface area contributed by atoms with Crippen molar-refractivity contribution in [1.82, 2.24) is 9.80 Å². The van der Waals surface area contributed by atoms with Crippen molar-refractivity contribution in [2.75, 3.05) is 33.3 Å². The quantitative estimate of drug-likeness (QED) is 0.922. The minimum Gasteiger partial charge on any atom is -0.494 e. The highest BCUT2D eigenvalue weighted by atomic mass is 19.1. The summed E-state index contributed by atoms with van der Waals surface area (Å²) in [6.45, 7) is 4.95. The maximum atomic E-state index is 13.8. The van der Waals surface area contributed by atoms with E-state index in [2.05, 4.69) is 9.80 Å². The Labute approximate surface area is 137 Å². The van der Waals surface area contributed by atoms with Gasteiger partial charge in [-0.3, -0.25) is 4.90 Å². The molecule has 1 N–H and O–H groups in total. The van der Waals surface area contributed by atoms with Crippen LogP contribution in [0.2, 0.25) is 0 Å². The molecule has 0 aromatic heterocycles. The Morgan fingerprint density at radius 1 is 1.13 bits per heavy atom. The van der Waals surface area contributed by atoms with Gasteiger partial charge in [-0.25, -0.2) is 4.39 Å². The van der Waals surface area contributed by atoms with Gasteiger partial charge in [0.2, 0.25) is 0 Å². The topological polar surface area (TPSA) is 35.9 Å². The molecule has 2 heterocycles. The van der Waals surface area contributed by atoms with Crippen LogP contribution in [-0.2, 0) is 6.54 Å². The highest BCUT2D eigenvalue weighted by molar-refractivity contribution is 5.29. The van der Waals surface area contributed by atoms with Gasteiger partial charge in [0.15, 0.2) is 11.6 Å². The van der Waals surface area contributed by atoms with Crippen LogP contribution < -0.4 is 4.74 Å². The SMILES string of the molecule is COc1ccc(CN2CCC(N3CCC(O)CC3)CC2)cc1F. The molecule has 0 radical (unpaired) electrons. The van der Waals surface area contributed by atoms with Crippen LogP contribution in [0, 0.1) is 5.82 Å². The summed E-state index contributed by atoms with van der Waals surface area (Å²) < 4.78 is 18.7. The van der Waals surface area contributed by atoms with Crippen LogP contribution >= 0.6 is 0 Å². The number of halogens is 1. The van der Waals surface area contributed by atoms with Crippen molar-refractivity contribution in [2.24, 2.45) is 0 Å². The standard InChI is InChI=1S/C18H27FN2O2/c1-23-18-3-2-14(12-17(18)19)13-20-8-4-15(5-9-20)21-10-6-16(22)7-11-21/h2-3,12,15-16,22H,4-11,13H2,1H3. The van der Waals surface area contributed by atoms with Gasteiger partial charge in [0.05, 0.1) is 13.2 Å². The van der Waals surface area contributed by atoms with E-state index < -0.39 is 0 Å². The molecule has 3 rings (SSSR count). The molecule has 1 aromatic carbocycles. The van der Waals surface area contributed by atoms with E-state index in [-0.39, 0.29) is 11.9 Å². The summed E-state index contributed by atoms with van der Waals surface area (Å²) in [5.41, 5.74) is 1.00. The van der Waals surface area contributed by atoms with E-state index in [1.807, 2.05) is 6.07 Å². The summed E-state index contributed by atoms with van der Waals surface area (Å²) in [6, 6.07) is 5.87. The van der Waals surface area contributed by atoms with E-state index in [1.165, 1.54) is 7.11 Å². The predicted molar refractivity (Wildman–Crippen MR) is 88.1 cm³/mol. The van der Waals surface area contributed by atoms with Crippen molar-refractivity contribution < 1.29 is 14.2 Å². The molecule has 2 fully saturated rings. The molecule has 2 aliphatic heterocycles. The van der Waals surface area contributed by atoms with Crippen LogP contribution in [-0.4, -0.2) is 60.3 Å².